The van der Waals surface area contributed by atoms with Gasteiger partial charge < -0.3 is 14.8 Å². The van der Waals surface area contributed by atoms with Crippen LogP contribution in [0, 0.1) is 0 Å². The molecule has 0 saturated heterocycles. The minimum Gasteiger partial charge on any atom is -0.444 e. The van der Waals surface area contributed by atoms with Crippen LogP contribution in [0.5, 0.6) is 5.75 Å². The molecule has 0 fully saturated rings. The molecule has 0 aliphatic rings. The normalized spacial score (nSPS) is 12.4. The van der Waals surface area contributed by atoms with Crippen molar-refractivity contribution in [1.82, 2.24) is 5.32 Å². The molecule has 5 heteroatoms. The number of carbonyl (C=O) groups is 2. The molecule has 0 aromatic heterocycles. The molecule has 1 unspecified atom stereocenters. The molecule has 0 heterocycles. The van der Waals surface area contributed by atoms with Crippen LogP contribution < -0.4 is 10.1 Å². The van der Waals surface area contributed by atoms with Crippen molar-refractivity contribution in [2.24, 2.45) is 0 Å². The first-order valence-electron chi connectivity index (χ1n) is 8.80. The SMILES string of the molecule is CC(C)(C)OC(=O)NC(C=CC(=O)Oc1ccccc1)Cc1ccccc1. The minimum absolute atomic E-state index is 0.412. The summed E-state index contributed by atoms with van der Waals surface area (Å²) in [6.07, 6.45) is 2.92. The summed E-state index contributed by atoms with van der Waals surface area (Å²) in [5.41, 5.74) is 0.428. The Morgan fingerprint density at radius 3 is 2.19 bits per heavy atom. The van der Waals surface area contributed by atoms with Crippen LogP contribution in [0.2, 0.25) is 0 Å². The third-order valence-corrected chi connectivity index (χ3v) is 3.43. The summed E-state index contributed by atoms with van der Waals surface area (Å²) in [7, 11) is 0. The highest BCUT2D eigenvalue weighted by atomic mass is 16.6. The van der Waals surface area contributed by atoms with Gasteiger partial charge in [0.05, 0.1) is 6.04 Å². The maximum Gasteiger partial charge on any atom is 0.408 e. The molecule has 142 valence electrons. The van der Waals surface area contributed by atoms with E-state index in [0.717, 1.165) is 5.56 Å². The zero-order valence-corrected chi connectivity index (χ0v) is 15.8. The van der Waals surface area contributed by atoms with Gasteiger partial charge in [0, 0.05) is 6.08 Å². The van der Waals surface area contributed by atoms with Crippen LogP contribution in [0.1, 0.15) is 26.3 Å². The maximum atomic E-state index is 12.1. The van der Waals surface area contributed by atoms with Gasteiger partial charge in [-0.2, -0.15) is 0 Å². The van der Waals surface area contributed by atoms with Gasteiger partial charge in [-0.25, -0.2) is 9.59 Å². The Labute approximate surface area is 160 Å². The molecular weight excluding hydrogens is 342 g/mol. The lowest BCUT2D eigenvalue weighted by Gasteiger charge is -2.22. The number of ether oxygens (including phenoxy) is 2. The van der Waals surface area contributed by atoms with Crippen molar-refractivity contribution in [2.45, 2.75) is 38.8 Å². The first kappa shape index (κ1) is 20.2. The van der Waals surface area contributed by atoms with Crippen LogP contribution in [0.4, 0.5) is 4.79 Å². The number of rotatable bonds is 6. The molecule has 27 heavy (non-hydrogen) atoms. The summed E-state index contributed by atoms with van der Waals surface area (Å²) < 4.78 is 10.5. The maximum absolute atomic E-state index is 12.1. The second-order valence-corrected chi connectivity index (χ2v) is 7.04. The number of esters is 1. The molecule has 1 N–H and O–H groups in total. The predicted molar refractivity (Wildman–Crippen MR) is 105 cm³/mol. The lowest BCUT2D eigenvalue weighted by molar-refractivity contribution is -0.129. The Kier molecular flexibility index (Phi) is 7.17. The van der Waals surface area contributed by atoms with E-state index in [1.807, 2.05) is 36.4 Å². The fourth-order valence-corrected chi connectivity index (χ4v) is 2.33. The van der Waals surface area contributed by atoms with Crippen molar-refractivity contribution in [3.8, 4) is 5.75 Å². The average molecular weight is 367 g/mol. The van der Waals surface area contributed by atoms with Crippen molar-refractivity contribution < 1.29 is 19.1 Å². The van der Waals surface area contributed by atoms with E-state index < -0.39 is 23.7 Å². The Morgan fingerprint density at radius 2 is 1.59 bits per heavy atom. The summed E-state index contributed by atoms with van der Waals surface area (Å²) in [6, 6.07) is 18.1. The smallest absolute Gasteiger partial charge is 0.408 e. The summed E-state index contributed by atoms with van der Waals surface area (Å²) in [5, 5.41) is 2.79. The molecule has 2 rings (SSSR count). The van der Waals surface area contributed by atoms with Crippen LogP contribution >= 0.6 is 0 Å². The number of carbonyl (C=O) groups excluding carboxylic acids is 2. The second kappa shape index (κ2) is 9.57. The highest BCUT2D eigenvalue weighted by Crippen LogP contribution is 2.11. The number of hydrogen-bond acceptors (Lipinski definition) is 4. The largest absolute Gasteiger partial charge is 0.444 e. The van der Waals surface area contributed by atoms with Crippen LogP contribution in [-0.4, -0.2) is 23.7 Å². The molecule has 0 radical (unpaired) electrons. The van der Waals surface area contributed by atoms with E-state index in [9.17, 15) is 9.59 Å². The van der Waals surface area contributed by atoms with E-state index in [0.29, 0.717) is 12.2 Å². The zero-order valence-electron chi connectivity index (χ0n) is 15.8. The van der Waals surface area contributed by atoms with Gasteiger partial charge in [0.2, 0.25) is 0 Å². The van der Waals surface area contributed by atoms with Gasteiger partial charge in [-0.05, 0) is 44.9 Å². The van der Waals surface area contributed by atoms with Gasteiger partial charge in [0.1, 0.15) is 11.4 Å². The highest BCUT2D eigenvalue weighted by Gasteiger charge is 2.19. The molecule has 2 aromatic carbocycles. The van der Waals surface area contributed by atoms with Crippen molar-refractivity contribution >= 4 is 12.1 Å². The van der Waals surface area contributed by atoms with Crippen LogP contribution in [-0.2, 0) is 16.0 Å². The molecular formula is C22H25NO4. The summed E-state index contributed by atoms with van der Waals surface area (Å²) in [4.78, 5) is 24.1. The van der Waals surface area contributed by atoms with E-state index in [2.05, 4.69) is 5.32 Å². The van der Waals surface area contributed by atoms with Gasteiger partial charge in [-0.1, -0.05) is 54.6 Å². The molecule has 0 bridgehead atoms. The Bertz CT molecular complexity index is 764. The first-order chi connectivity index (χ1) is 12.8. The van der Waals surface area contributed by atoms with E-state index in [1.165, 1.54) is 6.08 Å². The van der Waals surface area contributed by atoms with Gasteiger partial charge >= 0.3 is 12.1 Å². The number of amides is 1. The van der Waals surface area contributed by atoms with E-state index in [-0.39, 0.29) is 0 Å². The minimum atomic E-state index is -0.600. The van der Waals surface area contributed by atoms with Gasteiger partial charge in [-0.3, -0.25) is 0 Å². The Hall–Kier alpha value is -3.08. The number of para-hydroxylation sites is 1. The van der Waals surface area contributed by atoms with Crippen LogP contribution in [0.25, 0.3) is 0 Å². The third kappa shape index (κ3) is 8.23. The van der Waals surface area contributed by atoms with Gasteiger partial charge in [0.15, 0.2) is 0 Å². The Balaban J connectivity index is 2.04. The van der Waals surface area contributed by atoms with Crippen molar-refractivity contribution in [3.05, 3.63) is 78.4 Å². The molecule has 1 atom stereocenters. The topological polar surface area (TPSA) is 64.6 Å². The van der Waals surface area contributed by atoms with Crippen LogP contribution in [0.3, 0.4) is 0 Å². The predicted octanol–water partition coefficient (Wildman–Crippen LogP) is 4.28. The Morgan fingerprint density at radius 1 is 1.00 bits per heavy atom. The standard InChI is InChI=1S/C22H25NO4/c1-22(2,3)27-21(25)23-18(16-17-10-6-4-7-11-17)14-15-20(24)26-19-12-8-5-9-13-19/h4-15,18H,16H2,1-3H3,(H,23,25). The van der Waals surface area contributed by atoms with Crippen molar-refractivity contribution in [2.75, 3.05) is 0 Å². The molecule has 5 nitrogen and oxygen atoms in total. The summed E-state index contributed by atoms with van der Waals surface area (Å²) >= 11 is 0. The highest BCUT2D eigenvalue weighted by molar-refractivity contribution is 5.84. The number of hydrogen-bond donors (Lipinski definition) is 1. The number of nitrogens with one attached hydrogen (secondary N) is 1. The molecule has 0 aliphatic heterocycles. The van der Waals surface area contributed by atoms with Gasteiger partial charge in [0.25, 0.3) is 0 Å². The zero-order chi connectivity index (χ0) is 19.7. The van der Waals surface area contributed by atoms with E-state index in [1.54, 1.807) is 51.1 Å². The average Bonchev–Trinajstić information content (AvgIpc) is 2.60. The molecule has 1 amide bonds. The lowest BCUT2D eigenvalue weighted by atomic mass is 10.1. The van der Waals surface area contributed by atoms with Crippen LogP contribution in [0.15, 0.2) is 72.8 Å². The number of benzene rings is 2. The molecule has 0 aliphatic carbocycles. The van der Waals surface area contributed by atoms with Crippen molar-refractivity contribution in [3.63, 3.8) is 0 Å². The quantitative estimate of drug-likeness (QED) is 0.470. The summed E-state index contributed by atoms with van der Waals surface area (Å²) in [6.45, 7) is 5.39. The summed E-state index contributed by atoms with van der Waals surface area (Å²) in [5.74, 6) is -0.0443. The molecule has 0 saturated carbocycles. The van der Waals surface area contributed by atoms with Gasteiger partial charge in [-0.15, -0.1) is 0 Å². The number of alkyl carbamates (subject to hydrolysis) is 1. The van der Waals surface area contributed by atoms with Crippen molar-refractivity contribution in [1.29, 1.82) is 0 Å². The fourth-order valence-electron chi connectivity index (χ4n) is 2.33. The fraction of sp³-hybridized carbons (Fsp3) is 0.273. The molecule has 2 aromatic rings. The van der Waals surface area contributed by atoms with E-state index >= 15 is 0 Å². The third-order valence-electron chi connectivity index (χ3n) is 3.43. The second-order valence-electron chi connectivity index (χ2n) is 7.04. The first-order valence-corrected chi connectivity index (χ1v) is 8.80. The molecule has 0 spiro atoms. The monoisotopic (exact) mass is 367 g/mol. The van der Waals surface area contributed by atoms with E-state index in [4.69, 9.17) is 9.47 Å². The lowest BCUT2D eigenvalue weighted by Crippen LogP contribution is -2.39.